The van der Waals surface area contributed by atoms with Crippen LogP contribution in [0.15, 0.2) is 18.2 Å². The first-order valence-corrected chi connectivity index (χ1v) is 7.36. The van der Waals surface area contributed by atoms with Crippen LogP contribution in [-0.2, 0) is 9.84 Å². The number of nitrogens with two attached hydrogens (primary N) is 2. The number of nitrogens with one attached hydrogen (secondary N) is 1. The Morgan fingerprint density at radius 2 is 2.11 bits per heavy atom. The summed E-state index contributed by atoms with van der Waals surface area (Å²) in [6, 6.07) is 4.57. The maximum Gasteiger partial charge on any atom is 0.250 e. The van der Waals surface area contributed by atoms with Gasteiger partial charge in [0, 0.05) is 17.4 Å². The summed E-state index contributed by atoms with van der Waals surface area (Å²) in [5.74, 6) is -0.341. The van der Waals surface area contributed by atoms with Gasteiger partial charge in [-0.2, -0.15) is 0 Å². The number of rotatable bonds is 3. The highest BCUT2D eigenvalue weighted by Gasteiger charge is 2.28. The summed E-state index contributed by atoms with van der Waals surface area (Å²) in [7, 11) is -2.96. The summed E-state index contributed by atoms with van der Waals surface area (Å²) < 4.78 is 22.7. The van der Waals surface area contributed by atoms with E-state index in [4.69, 9.17) is 11.5 Å². The third-order valence-corrected chi connectivity index (χ3v) is 4.67. The zero-order chi connectivity index (χ0) is 13.3. The Bertz CT molecular complexity index is 583. The molecule has 2 rings (SSSR count). The van der Waals surface area contributed by atoms with E-state index >= 15 is 0 Å². The summed E-state index contributed by atoms with van der Waals surface area (Å²) >= 11 is 0. The van der Waals surface area contributed by atoms with Gasteiger partial charge in [0.15, 0.2) is 9.84 Å². The van der Waals surface area contributed by atoms with Crippen LogP contribution in [0.25, 0.3) is 0 Å². The van der Waals surface area contributed by atoms with Crippen LogP contribution in [0.2, 0.25) is 0 Å². The molecule has 0 saturated carbocycles. The Morgan fingerprint density at radius 3 is 2.67 bits per heavy atom. The summed E-state index contributed by atoms with van der Waals surface area (Å²) in [5, 5.41) is 3.04. The van der Waals surface area contributed by atoms with Gasteiger partial charge in [0.05, 0.1) is 17.1 Å². The third-order valence-electron chi connectivity index (χ3n) is 2.90. The fourth-order valence-electron chi connectivity index (χ4n) is 2.02. The van der Waals surface area contributed by atoms with Crippen molar-refractivity contribution in [3.05, 3.63) is 23.8 Å². The lowest BCUT2D eigenvalue weighted by molar-refractivity contribution is 0.100. The first-order valence-electron chi connectivity index (χ1n) is 5.54. The van der Waals surface area contributed by atoms with Crippen molar-refractivity contribution in [2.24, 2.45) is 5.73 Å². The van der Waals surface area contributed by atoms with Gasteiger partial charge in [-0.25, -0.2) is 8.42 Å². The van der Waals surface area contributed by atoms with Gasteiger partial charge in [-0.3, -0.25) is 4.79 Å². The van der Waals surface area contributed by atoms with Crippen LogP contribution in [0.1, 0.15) is 16.8 Å². The molecule has 0 bridgehead atoms. The molecule has 1 fully saturated rings. The Kier molecular flexibility index (Phi) is 3.16. The number of amides is 1. The fraction of sp³-hybridized carbons (Fsp3) is 0.364. The molecule has 6 nitrogen and oxygen atoms in total. The van der Waals surface area contributed by atoms with Crippen molar-refractivity contribution in [2.45, 2.75) is 12.5 Å². The lowest BCUT2D eigenvalue weighted by atomic mass is 10.1. The van der Waals surface area contributed by atoms with Crippen molar-refractivity contribution in [1.29, 1.82) is 0 Å². The average Bonchev–Trinajstić information content (AvgIpc) is 2.60. The van der Waals surface area contributed by atoms with E-state index in [1.54, 1.807) is 12.1 Å². The number of hydrogen-bond acceptors (Lipinski definition) is 5. The molecule has 7 heteroatoms. The molecule has 0 aromatic heterocycles. The van der Waals surface area contributed by atoms with Gasteiger partial charge in [-0.15, -0.1) is 0 Å². The normalized spacial score (nSPS) is 21.7. The second-order valence-electron chi connectivity index (χ2n) is 4.41. The minimum absolute atomic E-state index is 0.0789. The fourth-order valence-corrected chi connectivity index (χ4v) is 3.69. The number of nitrogen functional groups attached to an aromatic ring is 1. The highest BCUT2D eigenvalue weighted by atomic mass is 32.2. The van der Waals surface area contributed by atoms with Gasteiger partial charge in [-0.1, -0.05) is 0 Å². The number of carbonyl (C=O) groups excluding carboxylic acids is 1. The largest absolute Gasteiger partial charge is 0.399 e. The Hall–Kier alpha value is -1.76. The monoisotopic (exact) mass is 269 g/mol. The second kappa shape index (κ2) is 4.49. The number of sulfone groups is 1. The first kappa shape index (κ1) is 12.7. The lowest BCUT2D eigenvalue weighted by Crippen LogP contribution is -2.23. The van der Waals surface area contributed by atoms with E-state index in [-0.39, 0.29) is 23.1 Å². The standard InChI is InChI=1S/C11H15N3O3S/c12-7-1-2-10(9(5-7)11(13)15)14-8-3-4-18(16,17)6-8/h1-2,5,8,14H,3-4,6,12H2,(H2,13,15). The molecule has 1 atom stereocenters. The molecular formula is C11H15N3O3S. The van der Waals surface area contributed by atoms with E-state index in [0.717, 1.165) is 0 Å². The van der Waals surface area contributed by atoms with Crippen molar-refractivity contribution in [3.63, 3.8) is 0 Å². The molecule has 0 radical (unpaired) electrons. The maximum absolute atomic E-state index is 11.4. The van der Waals surface area contributed by atoms with Gasteiger partial charge in [0.25, 0.3) is 5.91 Å². The third kappa shape index (κ3) is 2.73. The maximum atomic E-state index is 11.4. The van der Waals surface area contributed by atoms with E-state index < -0.39 is 15.7 Å². The van der Waals surface area contributed by atoms with Gasteiger partial charge < -0.3 is 16.8 Å². The molecule has 18 heavy (non-hydrogen) atoms. The van der Waals surface area contributed by atoms with Crippen LogP contribution < -0.4 is 16.8 Å². The number of hydrogen-bond donors (Lipinski definition) is 3. The van der Waals surface area contributed by atoms with Crippen LogP contribution in [0, 0.1) is 0 Å². The Labute approximate surface area is 105 Å². The number of primary amides is 1. The Balaban J connectivity index is 2.22. The van der Waals surface area contributed by atoms with E-state index in [1.807, 2.05) is 0 Å². The van der Waals surface area contributed by atoms with Crippen molar-refractivity contribution in [3.8, 4) is 0 Å². The van der Waals surface area contributed by atoms with Gasteiger partial charge in [0.1, 0.15) is 0 Å². The van der Waals surface area contributed by atoms with E-state index in [9.17, 15) is 13.2 Å². The molecule has 1 amide bonds. The quantitative estimate of drug-likeness (QED) is 0.666. The number of carbonyl (C=O) groups is 1. The van der Waals surface area contributed by atoms with Crippen LogP contribution in [-0.4, -0.2) is 31.9 Å². The molecule has 1 aliphatic rings. The summed E-state index contributed by atoms with van der Waals surface area (Å²) in [6.07, 6.45) is 0.533. The predicted octanol–water partition coefficient (Wildman–Crippen LogP) is -0.0333. The topological polar surface area (TPSA) is 115 Å². The summed E-state index contributed by atoms with van der Waals surface area (Å²) in [5.41, 5.74) is 12.1. The van der Waals surface area contributed by atoms with Crippen molar-refractivity contribution in [2.75, 3.05) is 22.6 Å². The molecular weight excluding hydrogens is 254 g/mol. The van der Waals surface area contributed by atoms with Crippen molar-refractivity contribution in [1.82, 2.24) is 0 Å². The zero-order valence-electron chi connectivity index (χ0n) is 9.72. The smallest absolute Gasteiger partial charge is 0.250 e. The first-order chi connectivity index (χ1) is 8.37. The predicted molar refractivity (Wildman–Crippen MR) is 70.1 cm³/mol. The average molecular weight is 269 g/mol. The summed E-state index contributed by atoms with van der Waals surface area (Å²) in [6.45, 7) is 0. The van der Waals surface area contributed by atoms with E-state index in [1.165, 1.54) is 6.07 Å². The molecule has 98 valence electrons. The molecule has 1 aromatic carbocycles. The molecule has 1 unspecified atom stereocenters. The van der Waals surface area contributed by atoms with Crippen molar-refractivity contribution >= 4 is 27.1 Å². The molecule has 5 N–H and O–H groups in total. The van der Waals surface area contributed by atoms with E-state index in [0.29, 0.717) is 17.8 Å². The number of benzene rings is 1. The second-order valence-corrected chi connectivity index (χ2v) is 6.64. The van der Waals surface area contributed by atoms with Crippen LogP contribution in [0.5, 0.6) is 0 Å². The van der Waals surface area contributed by atoms with Gasteiger partial charge in [0.2, 0.25) is 0 Å². The highest BCUT2D eigenvalue weighted by Crippen LogP contribution is 2.22. The van der Waals surface area contributed by atoms with Crippen molar-refractivity contribution < 1.29 is 13.2 Å². The van der Waals surface area contributed by atoms with Crippen LogP contribution >= 0.6 is 0 Å². The molecule has 0 aliphatic carbocycles. The zero-order valence-corrected chi connectivity index (χ0v) is 10.5. The minimum atomic E-state index is -2.96. The molecule has 1 heterocycles. The minimum Gasteiger partial charge on any atom is -0.399 e. The molecule has 1 saturated heterocycles. The lowest BCUT2D eigenvalue weighted by Gasteiger charge is -2.15. The van der Waals surface area contributed by atoms with Gasteiger partial charge in [-0.05, 0) is 24.6 Å². The van der Waals surface area contributed by atoms with Gasteiger partial charge >= 0.3 is 0 Å². The summed E-state index contributed by atoms with van der Waals surface area (Å²) in [4.78, 5) is 11.3. The molecule has 0 spiro atoms. The Morgan fingerprint density at radius 1 is 1.39 bits per heavy atom. The highest BCUT2D eigenvalue weighted by molar-refractivity contribution is 7.91. The molecule has 1 aromatic rings. The SMILES string of the molecule is NC(=O)c1cc(N)ccc1NC1CCS(=O)(=O)C1. The van der Waals surface area contributed by atoms with Crippen LogP contribution in [0.3, 0.4) is 0 Å². The van der Waals surface area contributed by atoms with Crippen LogP contribution in [0.4, 0.5) is 11.4 Å². The van der Waals surface area contributed by atoms with E-state index in [2.05, 4.69) is 5.32 Å². The number of anilines is 2. The molecule has 1 aliphatic heterocycles.